The van der Waals surface area contributed by atoms with Crippen molar-refractivity contribution >= 4 is 23.4 Å². The molecule has 0 spiro atoms. The second-order valence-electron chi connectivity index (χ2n) is 4.32. The SMILES string of the molecule is CCNc1ccc(C(=O)NCC(C)SC)cc1C. The van der Waals surface area contributed by atoms with Crippen LogP contribution < -0.4 is 10.6 Å². The van der Waals surface area contributed by atoms with Crippen molar-refractivity contribution in [3.05, 3.63) is 29.3 Å². The highest BCUT2D eigenvalue weighted by Gasteiger charge is 2.08. The largest absolute Gasteiger partial charge is 0.385 e. The molecule has 0 bridgehead atoms. The lowest BCUT2D eigenvalue weighted by molar-refractivity contribution is 0.0954. The second kappa shape index (κ2) is 7.31. The molecule has 1 aromatic rings. The zero-order valence-electron chi connectivity index (χ0n) is 11.5. The molecular formula is C14H22N2OS. The number of carbonyl (C=O) groups excluding carboxylic acids is 1. The van der Waals surface area contributed by atoms with E-state index in [2.05, 4.69) is 24.5 Å². The van der Waals surface area contributed by atoms with E-state index in [1.54, 1.807) is 11.8 Å². The number of amides is 1. The van der Waals surface area contributed by atoms with Crippen molar-refractivity contribution < 1.29 is 4.79 Å². The number of benzene rings is 1. The Labute approximate surface area is 114 Å². The summed E-state index contributed by atoms with van der Waals surface area (Å²) in [6, 6.07) is 5.76. The molecule has 0 aliphatic carbocycles. The minimum absolute atomic E-state index is 0.00190. The van der Waals surface area contributed by atoms with Crippen LogP contribution in [0.1, 0.15) is 29.8 Å². The van der Waals surface area contributed by atoms with Crippen molar-refractivity contribution in [1.29, 1.82) is 0 Å². The van der Waals surface area contributed by atoms with Gasteiger partial charge in [-0.15, -0.1) is 0 Å². The summed E-state index contributed by atoms with van der Waals surface area (Å²) in [7, 11) is 0. The lowest BCUT2D eigenvalue weighted by Crippen LogP contribution is -2.29. The summed E-state index contributed by atoms with van der Waals surface area (Å²) in [5.41, 5.74) is 2.91. The summed E-state index contributed by atoms with van der Waals surface area (Å²) in [5.74, 6) is 0.00190. The first-order chi connectivity index (χ1) is 8.58. The van der Waals surface area contributed by atoms with Gasteiger partial charge in [0.15, 0.2) is 0 Å². The molecule has 0 heterocycles. The van der Waals surface area contributed by atoms with Crippen LogP contribution in [0.25, 0.3) is 0 Å². The second-order valence-corrected chi connectivity index (χ2v) is 5.59. The summed E-state index contributed by atoms with van der Waals surface area (Å²) >= 11 is 1.75. The van der Waals surface area contributed by atoms with E-state index in [-0.39, 0.29) is 5.91 Å². The number of rotatable bonds is 6. The van der Waals surface area contributed by atoms with Gasteiger partial charge >= 0.3 is 0 Å². The first-order valence-electron chi connectivity index (χ1n) is 6.24. The Morgan fingerprint density at radius 1 is 1.44 bits per heavy atom. The quantitative estimate of drug-likeness (QED) is 0.832. The highest BCUT2D eigenvalue weighted by molar-refractivity contribution is 7.99. The van der Waals surface area contributed by atoms with E-state index >= 15 is 0 Å². The maximum absolute atomic E-state index is 11.9. The predicted molar refractivity (Wildman–Crippen MR) is 80.7 cm³/mol. The molecule has 1 amide bonds. The van der Waals surface area contributed by atoms with E-state index in [1.165, 1.54) is 0 Å². The predicted octanol–water partition coefficient (Wildman–Crippen LogP) is 2.91. The van der Waals surface area contributed by atoms with E-state index < -0.39 is 0 Å². The average molecular weight is 266 g/mol. The Balaban J connectivity index is 2.66. The van der Waals surface area contributed by atoms with Crippen LogP contribution in [0.15, 0.2) is 18.2 Å². The molecule has 1 aromatic carbocycles. The van der Waals surface area contributed by atoms with Crippen LogP contribution in [0.5, 0.6) is 0 Å². The number of hydrogen-bond donors (Lipinski definition) is 2. The molecule has 0 aliphatic rings. The molecule has 0 saturated heterocycles. The van der Waals surface area contributed by atoms with Gasteiger partial charge in [0.05, 0.1) is 0 Å². The van der Waals surface area contributed by atoms with E-state index in [0.29, 0.717) is 11.8 Å². The molecule has 0 radical (unpaired) electrons. The van der Waals surface area contributed by atoms with Crippen molar-refractivity contribution in [2.24, 2.45) is 0 Å². The molecule has 0 aliphatic heterocycles. The van der Waals surface area contributed by atoms with E-state index in [1.807, 2.05) is 31.4 Å². The molecule has 4 heteroatoms. The van der Waals surface area contributed by atoms with Crippen molar-refractivity contribution in [2.45, 2.75) is 26.0 Å². The number of hydrogen-bond acceptors (Lipinski definition) is 3. The molecular weight excluding hydrogens is 244 g/mol. The molecule has 18 heavy (non-hydrogen) atoms. The monoisotopic (exact) mass is 266 g/mol. The molecule has 100 valence electrons. The minimum Gasteiger partial charge on any atom is -0.385 e. The topological polar surface area (TPSA) is 41.1 Å². The third-order valence-corrected chi connectivity index (χ3v) is 3.78. The highest BCUT2D eigenvalue weighted by atomic mass is 32.2. The summed E-state index contributed by atoms with van der Waals surface area (Å²) in [5, 5.41) is 6.66. The number of thioether (sulfide) groups is 1. The van der Waals surface area contributed by atoms with Gasteiger partial charge in [-0.05, 0) is 43.9 Å². The van der Waals surface area contributed by atoms with Crippen molar-refractivity contribution in [1.82, 2.24) is 5.32 Å². The maximum Gasteiger partial charge on any atom is 0.251 e. The summed E-state index contributed by atoms with van der Waals surface area (Å²) in [4.78, 5) is 11.9. The lowest BCUT2D eigenvalue weighted by atomic mass is 10.1. The first-order valence-corrected chi connectivity index (χ1v) is 7.52. The maximum atomic E-state index is 11.9. The smallest absolute Gasteiger partial charge is 0.251 e. The van der Waals surface area contributed by atoms with E-state index in [9.17, 15) is 4.79 Å². The molecule has 0 aromatic heterocycles. The van der Waals surface area contributed by atoms with Gasteiger partial charge in [-0.1, -0.05) is 6.92 Å². The van der Waals surface area contributed by atoms with Crippen LogP contribution >= 0.6 is 11.8 Å². The standard InChI is InChI=1S/C14H22N2OS/c1-5-15-13-7-6-12(8-10(13)2)14(17)16-9-11(3)18-4/h6-8,11,15H,5,9H2,1-4H3,(H,16,17). The summed E-state index contributed by atoms with van der Waals surface area (Å²) < 4.78 is 0. The van der Waals surface area contributed by atoms with Crippen LogP contribution in [0.4, 0.5) is 5.69 Å². The molecule has 0 fully saturated rings. The zero-order chi connectivity index (χ0) is 13.5. The fourth-order valence-corrected chi connectivity index (χ4v) is 1.87. The summed E-state index contributed by atoms with van der Waals surface area (Å²) in [6.45, 7) is 7.76. The van der Waals surface area contributed by atoms with Crippen LogP contribution in [-0.2, 0) is 0 Å². The Morgan fingerprint density at radius 2 is 2.17 bits per heavy atom. The van der Waals surface area contributed by atoms with Crippen LogP contribution in [0.2, 0.25) is 0 Å². The molecule has 2 N–H and O–H groups in total. The fraction of sp³-hybridized carbons (Fsp3) is 0.500. The van der Waals surface area contributed by atoms with Crippen molar-refractivity contribution in [2.75, 3.05) is 24.7 Å². The Bertz CT molecular complexity index is 407. The van der Waals surface area contributed by atoms with Crippen LogP contribution in [0, 0.1) is 6.92 Å². The Morgan fingerprint density at radius 3 is 2.72 bits per heavy atom. The average Bonchev–Trinajstić information content (AvgIpc) is 2.38. The minimum atomic E-state index is 0.00190. The van der Waals surface area contributed by atoms with E-state index in [4.69, 9.17) is 0 Å². The third-order valence-electron chi connectivity index (χ3n) is 2.81. The number of nitrogens with one attached hydrogen (secondary N) is 2. The van der Waals surface area contributed by atoms with Gasteiger partial charge in [0, 0.05) is 29.6 Å². The zero-order valence-corrected chi connectivity index (χ0v) is 12.4. The molecule has 0 saturated carbocycles. The van der Waals surface area contributed by atoms with Crippen LogP contribution in [-0.4, -0.2) is 30.5 Å². The Hall–Kier alpha value is -1.16. The van der Waals surface area contributed by atoms with Gasteiger partial charge in [0.2, 0.25) is 0 Å². The molecule has 1 atom stereocenters. The van der Waals surface area contributed by atoms with Gasteiger partial charge in [-0.2, -0.15) is 11.8 Å². The first kappa shape index (κ1) is 14.9. The molecule has 1 rings (SSSR count). The third kappa shape index (κ3) is 4.26. The summed E-state index contributed by atoms with van der Waals surface area (Å²) in [6.07, 6.45) is 2.05. The van der Waals surface area contributed by atoms with Gasteiger partial charge in [0.25, 0.3) is 5.91 Å². The van der Waals surface area contributed by atoms with Crippen LogP contribution in [0.3, 0.4) is 0 Å². The highest BCUT2D eigenvalue weighted by Crippen LogP contribution is 2.16. The lowest BCUT2D eigenvalue weighted by Gasteiger charge is -2.12. The van der Waals surface area contributed by atoms with E-state index in [0.717, 1.165) is 23.4 Å². The van der Waals surface area contributed by atoms with Gasteiger partial charge in [-0.25, -0.2) is 0 Å². The molecule has 3 nitrogen and oxygen atoms in total. The molecule has 1 unspecified atom stereocenters. The Kier molecular flexibility index (Phi) is 6.05. The number of anilines is 1. The normalized spacial score (nSPS) is 12.0. The number of aryl methyl sites for hydroxylation is 1. The number of carbonyl (C=O) groups is 1. The van der Waals surface area contributed by atoms with Crippen molar-refractivity contribution in [3.63, 3.8) is 0 Å². The van der Waals surface area contributed by atoms with Gasteiger partial charge in [-0.3, -0.25) is 4.79 Å². The van der Waals surface area contributed by atoms with Crippen molar-refractivity contribution in [3.8, 4) is 0 Å². The fourth-order valence-electron chi connectivity index (χ4n) is 1.62. The van der Waals surface area contributed by atoms with Gasteiger partial charge in [0.1, 0.15) is 0 Å². The van der Waals surface area contributed by atoms with Gasteiger partial charge < -0.3 is 10.6 Å².